The molecule has 0 unspecified atom stereocenters. The number of aromatic amines is 1. The van der Waals surface area contributed by atoms with Crippen molar-refractivity contribution in [3.63, 3.8) is 0 Å². The van der Waals surface area contributed by atoms with Crippen LogP contribution in [0.2, 0.25) is 0 Å². The fourth-order valence-electron chi connectivity index (χ4n) is 2.74. The number of nitrogens with one attached hydrogen (secondary N) is 1. The lowest BCUT2D eigenvalue weighted by atomic mass is 10.1. The van der Waals surface area contributed by atoms with Gasteiger partial charge >= 0.3 is 0 Å². The highest BCUT2D eigenvalue weighted by molar-refractivity contribution is 7.16. The molecule has 0 aliphatic rings. The molecule has 4 rings (SSSR count). The number of halogens is 1. The largest absolute Gasteiger partial charge is 0.339 e. The molecule has 1 aromatic carbocycles. The molecule has 0 saturated carbocycles. The maximum atomic E-state index is 4.89. The Balaban J connectivity index is 0.00000182. The summed E-state index contributed by atoms with van der Waals surface area (Å²) in [7, 11) is 0. The van der Waals surface area contributed by atoms with E-state index in [1.165, 1.54) is 4.70 Å². The monoisotopic (exact) mass is 390 g/mol. The Morgan fingerprint density at radius 2 is 2.00 bits per heavy atom. The van der Waals surface area contributed by atoms with Crippen LogP contribution in [0, 0.1) is 12.8 Å². The van der Waals surface area contributed by atoms with Gasteiger partial charge in [-0.25, -0.2) is 15.0 Å². The van der Waals surface area contributed by atoms with E-state index in [0.29, 0.717) is 5.92 Å². The molecule has 3 heterocycles. The van der Waals surface area contributed by atoms with Gasteiger partial charge in [0.2, 0.25) is 0 Å². The fraction of sp³-hybridized carbons (Fsp3) is 0.278. The van der Waals surface area contributed by atoms with E-state index in [9.17, 15) is 0 Å². The van der Waals surface area contributed by atoms with E-state index >= 15 is 0 Å². The quantitative estimate of drug-likeness (QED) is 0.483. The molecule has 0 spiro atoms. The highest BCUT2D eigenvalue weighted by Gasteiger charge is 2.17. The van der Waals surface area contributed by atoms with Crippen molar-refractivity contribution in [2.24, 2.45) is 5.92 Å². The van der Waals surface area contributed by atoms with Crippen molar-refractivity contribution in [1.29, 1.82) is 0 Å². The van der Waals surface area contributed by atoms with Crippen LogP contribution in [-0.4, -0.2) is 19.9 Å². The molecule has 4 nitrogen and oxygen atoms in total. The molecule has 0 fully saturated rings. The molecule has 0 atom stereocenters. The minimum Gasteiger partial charge on any atom is -0.339 e. The van der Waals surface area contributed by atoms with Crippen LogP contribution in [0.4, 0.5) is 0 Å². The third-order valence-electron chi connectivity index (χ3n) is 3.79. The Morgan fingerprint density at radius 1 is 1.16 bits per heavy atom. The van der Waals surface area contributed by atoms with Crippen LogP contribution in [0.25, 0.3) is 32.2 Å². The number of thiazole rings is 2. The van der Waals surface area contributed by atoms with Gasteiger partial charge in [0.1, 0.15) is 16.5 Å². The molecule has 0 aliphatic heterocycles. The number of aromatic nitrogens is 4. The van der Waals surface area contributed by atoms with Gasteiger partial charge in [-0.3, -0.25) is 0 Å². The van der Waals surface area contributed by atoms with Gasteiger partial charge in [-0.1, -0.05) is 19.9 Å². The molecule has 130 valence electrons. The molecular weight excluding hydrogens is 372 g/mol. The van der Waals surface area contributed by atoms with Gasteiger partial charge in [0.15, 0.2) is 0 Å². The second-order valence-electron chi connectivity index (χ2n) is 6.33. The van der Waals surface area contributed by atoms with E-state index in [-0.39, 0.29) is 12.4 Å². The van der Waals surface area contributed by atoms with Crippen molar-refractivity contribution in [3.05, 3.63) is 40.6 Å². The highest BCUT2D eigenvalue weighted by atomic mass is 35.5. The van der Waals surface area contributed by atoms with Crippen molar-refractivity contribution in [3.8, 4) is 22.0 Å². The molecule has 0 bridgehead atoms. The zero-order valence-corrected chi connectivity index (χ0v) is 16.7. The number of benzene rings is 1. The number of rotatable bonds is 4. The summed E-state index contributed by atoms with van der Waals surface area (Å²) in [4.78, 5) is 17.4. The van der Waals surface area contributed by atoms with Gasteiger partial charge in [0.05, 0.1) is 21.4 Å². The molecule has 0 amide bonds. The molecule has 0 radical (unpaired) electrons. The fourth-order valence-corrected chi connectivity index (χ4v) is 4.25. The summed E-state index contributed by atoms with van der Waals surface area (Å²) < 4.78 is 1.18. The van der Waals surface area contributed by atoms with Gasteiger partial charge in [-0.15, -0.1) is 35.1 Å². The van der Waals surface area contributed by atoms with E-state index in [0.717, 1.165) is 45.4 Å². The molecule has 1 N–H and O–H groups in total. The standard InChI is InChI=1S/C18H18N4S2.ClH/c1-10(2)6-15-21-16(17(22-15)18-20-11(3)8-23-18)12-4-5-13-14(7-12)24-9-19-13;/h4-5,7-10H,6H2,1-3H3,(H,21,22);1H. The number of fused-ring (bicyclic) bond motifs is 1. The second kappa shape index (κ2) is 7.23. The van der Waals surface area contributed by atoms with E-state index in [1.807, 2.05) is 12.4 Å². The summed E-state index contributed by atoms with van der Waals surface area (Å²) in [6.45, 7) is 6.44. The molecule has 0 aliphatic carbocycles. The predicted molar refractivity (Wildman–Crippen MR) is 109 cm³/mol. The normalized spacial score (nSPS) is 11.2. The van der Waals surface area contributed by atoms with Crippen molar-refractivity contribution in [2.75, 3.05) is 0 Å². The molecule has 3 aromatic heterocycles. The minimum atomic E-state index is 0. The van der Waals surface area contributed by atoms with Crippen molar-refractivity contribution < 1.29 is 0 Å². The summed E-state index contributed by atoms with van der Waals surface area (Å²) >= 11 is 3.31. The minimum absolute atomic E-state index is 0. The Morgan fingerprint density at radius 3 is 2.72 bits per heavy atom. The number of hydrogen-bond acceptors (Lipinski definition) is 5. The molecule has 0 saturated heterocycles. The van der Waals surface area contributed by atoms with Crippen LogP contribution in [0.1, 0.15) is 25.4 Å². The molecule has 25 heavy (non-hydrogen) atoms. The summed E-state index contributed by atoms with van der Waals surface area (Å²) in [6, 6.07) is 6.34. The number of aryl methyl sites for hydroxylation is 1. The van der Waals surface area contributed by atoms with Gasteiger partial charge < -0.3 is 4.98 Å². The Bertz CT molecular complexity index is 1000. The maximum Gasteiger partial charge on any atom is 0.142 e. The first kappa shape index (κ1) is 18.0. The van der Waals surface area contributed by atoms with E-state index in [2.05, 4.69) is 52.4 Å². The second-order valence-corrected chi connectivity index (χ2v) is 8.08. The summed E-state index contributed by atoms with van der Waals surface area (Å²) in [5, 5.41) is 3.07. The van der Waals surface area contributed by atoms with E-state index in [4.69, 9.17) is 4.98 Å². The molecule has 7 heteroatoms. The molecule has 4 aromatic rings. The van der Waals surface area contributed by atoms with Crippen LogP contribution < -0.4 is 0 Å². The number of imidazole rings is 1. The lowest BCUT2D eigenvalue weighted by Gasteiger charge is -2.00. The lowest BCUT2D eigenvalue weighted by Crippen LogP contribution is -1.95. The maximum absolute atomic E-state index is 4.89. The average Bonchev–Trinajstić information content (AvgIpc) is 3.24. The van der Waals surface area contributed by atoms with Gasteiger partial charge in [-0.2, -0.15) is 0 Å². The zero-order chi connectivity index (χ0) is 16.7. The predicted octanol–water partition coefficient (Wildman–Crippen LogP) is 5.74. The van der Waals surface area contributed by atoms with Crippen molar-refractivity contribution in [2.45, 2.75) is 27.2 Å². The number of H-pyrrole nitrogens is 1. The van der Waals surface area contributed by atoms with Gasteiger partial charge in [-0.05, 0) is 25.0 Å². The van der Waals surface area contributed by atoms with Gasteiger partial charge in [0.25, 0.3) is 0 Å². The Hall–Kier alpha value is -1.76. The number of nitrogens with zero attached hydrogens (tertiary/aromatic N) is 3. The third kappa shape index (κ3) is 3.61. The lowest BCUT2D eigenvalue weighted by molar-refractivity contribution is 0.626. The SMILES string of the molecule is Cc1csc(-c2[nH]c(CC(C)C)nc2-c2ccc3ncsc3c2)n1.Cl. The van der Waals surface area contributed by atoms with Crippen molar-refractivity contribution >= 4 is 45.3 Å². The Kier molecular flexibility index (Phi) is 5.22. The summed E-state index contributed by atoms with van der Waals surface area (Å²) in [6.07, 6.45) is 0.931. The smallest absolute Gasteiger partial charge is 0.142 e. The summed E-state index contributed by atoms with van der Waals surface area (Å²) in [5.74, 6) is 1.58. The first-order chi connectivity index (χ1) is 11.6. The van der Waals surface area contributed by atoms with Crippen LogP contribution in [0.5, 0.6) is 0 Å². The van der Waals surface area contributed by atoms with Crippen LogP contribution in [0.15, 0.2) is 29.1 Å². The third-order valence-corrected chi connectivity index (χ3v) is 5.56. The van der Waals surface area contributed by atoms with Gasteiger partial charge in [0, 0.05) is 23.1 Å². The van der Waals surface area contributed by atoms with Crippen LogP contribution in [-0.2, 0) is 6.42 Å². The average molecular weight is 391 g/mol. The first-order valence-corrected chi connectivity index (χ1v) is 9.71. The molecular formula is C18H19ClN4S2. The van der Waals surface area contributed by atoms with E-state index < -0.39 is 0 Å². The van der Waals surface area contributed by atoms with Crippen molar-refractivity contribution in [1.82, 2.24) is 19.9 Å². The summed E-state index contributed by atoms with van der Waals surface area (Å²) in [5.41, 5.74) is 7.07. The highest BCUT2D eigenvalue weighted by Crippen LogP contribution is 2.34. The van der Waals surface area contributed by atoms with E-state index in [1.54, 1.807) is 22.7 Å². The zero-order valence-electron chi connectivity index (χ0n) is 14.2. The van der Waals surface area contributed by atoms with Crippen LogP contribution in [0.3, 0.4) is 0 Å². The Labute approximate surface area is 160 Å². The van der Waals surface area contributed by atoms with Crippen LogP contribution >= 0.6 is 35.1 Å². The number of hydrogen-bond donors (Lipinski definition) is 1. The topological polar surface area (TPSA) is 54.5 Å². The first-order valence-electron chi connectivity index (χ1n) is 7.95.